The molecule has 1 unspecified atom stereocenters. The number of hydrogen-bond acceptors (Lipinski definition) is 6. The Bertz CT molecular complexity index is 876. The van der Waals surface area contributed by atoms with Gasteiger partial charge in [-0.15, -0.1) is 11.3 Å². The lowest BCUT2D eigenvalue weighted by Crippen LogP contribution is -2.16. The Labute approximate surface area is 175 Å². The quantitative estimate of drug-likeness (QED) is 0.507. The average molecular weight is 418 g/mol. The fourth-order valence-corrected chi connectivity index (χ4v) is 4.91. The van der Waals surface area contributed by atoms with Gasteiger partial charge in [0.1, 0.15) is 5.00 Å². The summed E-state index contributed by atoms with van der Waals surface area (Å²) in [4.78, 5) is 25.9. The number of anilines is 1. The fraction of sp³-hybridized carbons (Fsp3) is 0.455. The van der Waals surface area contributed by atoms with Gasteiger partial charge in [0.25, 0.3) is 0 Å². The zero-order chi connectivity index (χ0) is 20.8. The van der Waals surface area contributed by atoms with E-state index in [4.69, 9.17) is 14.2 Å². The molecule has 0 spiro atoms. The van der Waals surface area contributed by atoms with Crippen molar-refractivity contribution in [1.82, 2.24) is 0 Å². The van der Waals surface area contributed by atoms with Crippen LogP contribution in [0, 0.1) is 5.92 Å². The molecule has 1 atom stereocenters. The Morgan fingerprint density at radius 1 is 1.21 bits per heavy atom. The number of nitrogens with one attached hydrogen (secondary N) is 1. The van der Waals surface area contributed by atoms with Crippen molar-refractivity contribution in [3.05, 3.63) is 40.3 Å². The van der Waals surface area contributed by atoms with Crippen LogP contribution < -0.4 is 14.8 Å². The van der Waals surface area contributed by atoms with Crippen molar-refractivity contribution in [2.24, 2.45) is 5.92 Å². The number of fused-ring (bicyclic) bond motifs is 1. The van der Waals surface area contributed by atoms with E-state index in [0.29, 0.717) is 47.4 Å². The Morgan fingerprint density at radius 3 is 2.69 bits per heavy atom. The monoisotopic (exact) mass is 417 g/mol. The summed E-state index contributed by atoms with van der Waals surface area (Å²) in [6.45, 7) is 2.61. The molecule has 156 valence electrons. The van der Waals surface area contributed by atoms with Crippen LogP contribution in [0.5, 0.6) is 11.5 Å². The van der Waals surface area contributed by atoms with Gasteiger partial charge in [-0.1, -0.05) is 19.1 Å². The number of amides is 1. The summed E-state index contributed by atoms with van der Waals surface area (Å²) in [5.41, 5.74) is 1.56. The minimum atomic E-state index is -0.383. The lowest BCUT2D eigenvalue weighted by Gasteiger charge is -2.18. The third kappa shape index (κ3) is 5.09. The number of hydrogen-bond donors (Lipinski definition) is 1. The van der Waals surface area contributed by atoms with E-state index in [0.717, 1.165) is 24.8 Å². The fourth-order valence-electron chi connectivity index (χ4n) is 3.50. The first-order valence-corrected chi connectivity index (χ1v) is 10.6. The second kappa shape index (κ2) is 9.78. The predicted molar refractivity (Wildman–Crippen MR) is 113 cm³/mol. The Hall–Kier alpha value is -2.54. The molecule has 0 aliphatic heterocycles. The third-order valence-corrected chi connectivity index (χ3v) is 6.20. The lowest BCUT2D eigenvalue weighted by molar-refractivity contribution is -0.116. The van der Waals surface area contributed by atoms with Crippen molar-refractivity contribution in [2.75, 3.05) is 26.1 Å². The van der Waals surface area contributed by atoms with Gasteiger partial charge in [0.05, 0.1) is 26.4 Å². The predicted octanol–water partition coefficient (Wildman–Crippen LogP) is 4.47. The van der Waals surface area contributed by atoms with Gasteiger partial charge in [-0.3, -0.25) is 4.79 Å². The van der Waals surface area contributed by atoms with E-state index in [1.54, 1.807) is 7.11 Å². The van der Waals surface area contributed by atoms with E-state index in [1.165, 1.54) is 23.3 Å². The molecule has 2 aromatic rings. The van der Waals surface area contributed by atoms with Gasteiger partial charge in [0.2, 0.25) is 5.91 Å². The summed E-state index contributed by atoms with van der Waals surface area (Å²) < 4.78 is 15.9. The highest BCUT2D eigenvalue weighted by molar-refractivity contribution is 7.17. The van der Waals surface area contributed by atoms with E-state index >= 15 is 0 Å². The van der Waals surface area contributed by atoms with Gasteiger partial charge in [-0.2, -0.15) is 0 Å². The molecular weight excluding hydrogens is 390 g/mol. The van der Waals surface area contributed by atoms with Gasteiger partial charge in [0, 0.05) is 11.3 Å². The second-order valence-corrected chi connectivity index (χ2v) is 8.30. The van der Waals surface area contributed by atoms with E-state index in [1.807, 2.05) is 24.3 Å². The van der Waals surface area contributed by atoms with Crippen LogP contribution >= 0.6 is 11.3 Å². The van der Waals surface area contributed by atoms with Crippen LogP contribution in [-0.4, -0.2) is 32.7 Å². The van der Waals surface area contributed by atoms with E-state index < -0.39 is 0 Å². The van der Waals surface area contributed by atoms with Crippen LogP contribution in [0.4, 0.5) is 5.00 Å². The maximum absolute atomic E-state index is 12.5. The van der Waals surface area contributed by atoms with Crippen molar-refractivity contribution in [3.63, 3.8) is 0 Å². The number of benzene rings is 1. The SMILES string of the molecule is COC(=O)c1c(NC(=O)CCCOc2ccccc2OC)sc2c1CCC(C)C2. The van der Waals surface area contributed by atoms with Crippen LogP contribution in [0.15, 0.2) is 24.3 Å². The standard InChI is InChI=1S/C22H27NO5S/c1-14-10-11-15-18(13-14)29-21(20(15)22(25)27-3)23-19(24)9-6-12-28-17-8-5-4-7-16(17)26-2/h4-5,7-8,14H,6,9-13H2,1-3H3,(H,23,24). The molecule has 1 aliphatic carbocycles. The maximum Gasteiger partial charge on any atom is 0.341 e. The molecule has 0 saturated heterocycles. The maximum atomic E-state index is 12.5. The lowest BCUT2D eigenvalue weighted by atomic mass is 9.88. The summed E-state index contributed by atoms with van der Waals surface area (Å²) in [5, 5.41) is 3.52. The first kappa shape index (κ1) is 21.2. The molecular formula is C22H27NO5S. The molecule has 3 rings (SSSR count). The van der Waals surface area contributed by atoms with Gasteiger partial charge >= 0.3 is 5.97 Å². The second-order valence-electron chi connectivity index (χ2n) is 7.20. The molecule has 7 heteroatoms. The summed E-state index contributed by atoms with van der Waals surface area (Å²) in [5.74, 6) is 1.39. The highest BCUT2D eigenvalue weighted by Gasteiger charge is 2.28. The molecule has 1 amide bonds. The number of esters is 1. The Balaban J connectivity index is 1.58. The van der Waals surface area contributed by atoms with Crippen LogP contribution in [0.25, 0.3) is 0 Å². The normalized spacial score (nSPS) is 15.3. The molecule has 0 radical (unpaired) electrons. The average Bonchev–Trinajstić information content (AvgIpc) is 3.07. The van der Waals surface area contributed by atoms with Crippen molar-refractivity contribution in [3.8, 4) is 11.5 Å². The van der Waals surface area contributed by atoms with Gasteiger partial charge < -0.3 is 19.5 Å². The van der Waals surface area contributed by atoms with Crippen molar-refractivity contribution >= 4 is 28.2 Å². The van der Waals surface area contributed by atoms with Crippen molar-refractivity contribution in [2.45, 2.75) is 39.0 Å². The molecule has 0 fully saturated rings. The number of thiophene rings is 1. The van der Waals surface area contributed by atoms with Gasteiger partial charge in [0.15, 0.2) is 11.5 Å². The van der Waals surface area contributed by atoms with Gasteiger partial charge in [-0.05, 0) is 49.3 Å². The van der Waals surface area contributed by atoms with Crippen LogP contribution in [0.3, 0.4) is 0 Å². The molecule has 0 bridgehead atoms. The third-order valence-electron chi connectivity index (χ3n) is 5.03. The summed E-state index contributed by atoms with van der Waals surface area (Å²) in [6, 6.07) is 7.41. The van der Waals surface area contributed by atoms with Crippen LogP contribution in [-0.2, 0) is 22.4 Å². The van der Waals surface area contributed by atoms with E-state index in [9.17, 15) is 9.59 Å². The molecule has 1 aromatic heterocycles. The molecule has 6 nitrogen and oxygen atoms in total. The highest BCUT2D eigenvalue weighted by Crippen LogP contribution is 2.40. The van der Waals surface area contributed by atoms with Crippen LogP contribution in [0.2, 0.25) is 0 Å². The molecule has 29 heavy (non-hydrogen) atoms. The summed E-state index contributed by atoms with van der Waals surface area (Å²) in [7, 11) is 2.97. The largest absolute Gasteiger partial charge is 0.493 e. The van der Waals surface area contributed by atoms with E-state index in [2.05, 4.69) is 12.2 Å². The number of rotatable bonds is 8. The van der Waals surface area contributed by atoms with Crippen molar-refractivity contribution < 1.29 is 23.8 Å². The molecule has 1 aromatic carbocycles. The number of carbonyl (C=O) groups excluding carboxylic acids is 2. The number of carbonyl (C=O) groups is 2. The molecule has 1 aliphatic rings. The number of ether oxygens (including phenoxy) is 3. The topological polar surface area (TPSA) is 73.9 Å². The Morgan fingerprint density at radius 2 is 1.97 bits per heavy atom. The Kier molecular flexibility index (Phi) is 7.14. The van der Waals surface area contributed by atoms with Crippen molar-refractivity contribution in [1.29, 1.82) is 0 Å². The summed E-state index contributed by atoms with van der Waals surface area (Å²) >= 11 is 1.50. The molecule has 1 N–H and O–H groups in total. The minimum absolute atomic E-state index is 0.134. The number of methoxy groups -OCH3 is 2. The van der Waals surface area contributed by atoms with E-state index in [-0.39, 0.29) is 11.9 Å². The smallest absolute Gasteiger partial charge is 0.341 e. The first-order chi connectivity index (χ1) is 14.0. The minimum Gasteiger partial charge on any atom is -0.493 e. The van der Waals surface area contributed by atoms with Gasteiger partial charge in [-0.25, -0.2) is 4.79 Å². The molecule has 1 heterocycles. The number of para-hydroxylation sites is 2. The molecule has 0 saturated carbocycles. The van der Waals surface area contributed by atoms with Crippen LogP contribution in [0.1, 0.15) is 47.0 Å². The first-order valence-electron chi connectivity index (χ1n) is 9.82. The zero-order valence-corrected chi connectivity index (χ0v) is 17.9. The summed E-state index contributed by atoms with van der Waals surface area (Å²) in [6.07, 6.45) is 3.68. The zero-order valence-electron chi connectivity index (χ0n) is 17.1. The highest BCUT2D eigenvalue weighted by atomic mass is 32.1.